The van der Waals surface area contributed by atoms with Gasteiger partial charge in [0.25, 0.3) is 0 Å². The summed E-state index contributed by atoms with van der Waals surface area (Å²) in [6.45, 7) is 7.31. The lowest BCUT2D eigenvalue weighted by molar-refractivity contribution is -0.137. The average molecular weight is 411 g/mol. The summed E-state index contributed by atoms with van der Waals surface area (Å²) in [6.07, 6.45) is 6.38. The predicted molar refractivity (Wildman–Crippen MR) is 110 cm³/mol. The van der Waals surface area contributed by atoms with Crippen molar-refractivity contribution < 1.29 is 28.5 Å². The second-order valence-electron chi connectivity index (χ2n) is 7.58. The summed E-state index contributed by atoms with van der Waals surface area (Å²) in [4.78, 5) is 26.0. The Bertz CT molecular complexity index is 646. The van der Waals surface area contributed by atoms with Gasteiger partial charge in [-0.2, -0.15) is 0 Å². The topological polar surface area (TPSA) is 86.3 Å². The van der Waals surface area contributed by atoms with E-state index < -0.39 is 17.7 Å². The Morgan fingerprint density at radius 1 is 1.21 bits per heavy atom. The summed E-state index contributed by atoms with van der Waals surface area (Å²) in [5.74, 6) is 0.338. The van der Waals surface area contributed by atoms with E-state index in [1.165, 1.54) is 7.11 Å². The molecule has 1 N–H and O–H groups in total. The lowest BCUT2D eigenvalue weighted by Gasteiger charge is -2.25. The normalized spacial score (nSPS) is 15.3. The molecule has 0 atom stereocenters. The van der Waals surface area contributed by atoms with E-state index in [0.29, 0.717) is 38.4 Å². The van der Waals surface area contributed by atoms with Gasteiger partial charge in [-0.3, -0.25) is 0 Å². The van der Waals surface area contributed by atoms with Crippen LogP contribution in [-0.2, 0) is 23.7 Å². The van der Waals surface area contributed by atoms with Gasteiger partial charge < -0.3 is 29.2 Å². The quantitative estimate of drug-likeness (QED) is 0.337. The maximum atomic E-state index is 12.4. The van der Waals surface area contributed by atoms with Crippen LogP contribution in [0.15, 0.2) is 35.3 Å². The monoisotopic (exact) mass is 410 g/mol. The standard InChI is InChI=1S/C21H34N2O6/c1-21(2,3)29-20(25)22-11-12-23(4)18(19(24)27-6)16-9-7-10-17(15-16)28-14-8-13-26-5/h7,9-10H,8,11-15H2,1-6H3,(H,22,25)/b18-16-. The number of nitrogens with one attached hydrogen (secondary N) is 1. The highest BCUT2D eigenvalue weighted by Crippen LogP contribution is 2.24. The number of carbonyl (C=O) groups excluding carboxylic acids is 2. The van der Waals surface area contributed by atoms with E-state index in [1.54, 1.807) is 39.8 Å². The first-order valence-corrected chi connectivity index (χ1v) is 9.66. The van der Waals surface area contributed by atoms with Crippen LogP contribution in [0.25, 0.3) is 0 Å². The second-order valence-corrected chi connectivity index (χ2v) is 7.58. The summed E-state index contributed by atoms with van der Waals surface area (Å²) in [5, 5.41) is 2.69. The highest BCUT2D eigenvalue weighted by atomic mass is 16.6. The molecule has 164 valence electrons. The molecule has 0 aliphatic heterocycles. The summed E-state index contributed by atoms with van der Waals surface area (Å²) < 4.78 is 21.0. The van der Waals surface area contributed by atoms with Crippen LogP contribution in [0.2, 0.25) is 0 Å². The molecule has 0 saturated carbocycles. The Labute approximate surface area is 173 Å². The van der Waals surface area contributed by atoms with Crippen LogP contribution in [0, 0.1) is 0 Å². The van der Waals surface area contributed by atoms with Crippen LogP contribution in [0.1, 0.15) is 33.6 Å². The van der Waals surface area contributed by atoms with Gasteiger partial charge in [-0.25, -0.2) is 9.59 Å². The summed E-state index contributed by atoms with van der Waals surface area (Å²) in [5.41, 5.74) is 0.662. The number of amides is 1. The van der Waals surface area contributed by atoms with Crippen molar-refractivity contribution in [1.29, 1.82) is 0 Å². The van der Waals surface area contributed by atoms with Crippen LogP contribution in [0.4, 0.5) is 4.79 Å². The summed E-state index contributed by atoms with van der Waals surface area (Å²) in [7, 11) is 4.78. The van der Waals surface area contributed by atoms with E-state index in [4.69, 9.17) is 18.9 Å². The number of hydrogen-bond acceptors (Lipinski definition) is 7. The van der Waals surface area contributed by atoms with Crippen molar-refractivity contribution in [3.8, 4) is 0 Å². The molecule has 0 spiro atoms. The fourth-order valence-electron chi connectivity index (χ4n) is 2.63. The van der Waals surface area contributed by atoms with Crippen LogP contribution in [0.3, 0.4) is 0 Å². The number of ether oxygens (including phenoxy) is 4. The Balaban J connectivity index is 2.73. The molecule has 0 bridgehead atoms. The molecule has 0 fully saturated rings. The molecule has 0 aromatic carbocycles. The van der Waals surface area contributed by atoms with Gasteiger partial charge in [-0.1, -0.05) is 12.2 Å². The molecule has 0 unspecified atom stereocenters. The molecule has 1 aliphatic carbocycles. The highest BCUT2D eigenvalue weighted by molar-refractivity contribution is 5.89. The van der Waals surface area contributed by atoms with Gasteiger partial charge in [0.05, 0.1) is 13.7 Å². The number of carbonyl (C=O) groups is 2. The minimum absolute atomic E-state index is 0.319. The van der Waals surface area contributed by atoms with Gasteiger partial charge in [0.1, 0.15) is 17.1 Å². The fourth-order valence-corrected chi connectivity index (χ4v) is 2.63. The van der Waals surface area contributed by atoms with E-state index >= 15 is 0 Å². The van der Waals surface area contributed by atoms with Gasteiger partial charge in [0.15, 0.2) is 0 Å². The second kappa shape index (κ2) is 12.2. The van der Waals surface area contributed by atoms with Gasteiger partial charge in [-0.05, 0) is 32.4 Å². The average Bonchev–Trinajstić information content (AvgIpc) is 2.64. The molecule has 0 aromatic rings. The van der Waals surface area contributed by atoms with Gasteiger partial charge in [0.2, 0.25) is 0 Å². The largest absolute Gasteiger partial charge is 0.497 e. The Morgan fingerprint density at radius 3 is 2.55 bits per heavy atom. The lowest BCUT2D eigenvalue weighted by atomic mass is 10.0. The zero-order chi connectivity index (χ0) is 21.9. The zero-order valence-corrected chi connectivity index (χ0v) is 18.4. The van der Waals surface area contributed by atoms with Gasteiger partial charge in [-0.15, -0.1) is 0 Å². The first-order valence-electron chi connectivity index (χ1n) is 9.66. The highest BCUT2D eigenvalue weighted by Gasteiger charge is 2.22. The molecule has 0 radical (unpaired) electrons. The van der Waals surface area contributed by atoms with E-state index in [0.717, 1.165) is 17.8 Å². The maximum Gasteiger partial charge on any atom is 0.407 e. The Morgan fingerprint density at radius 2 is 1.93 bits per heavy atom. The van der Waals surface area contributed by atoms with Crippen LogP contribution < -0.4 is 5.32 Å². The number of rotatable bonds is 10. The molecule has 0 heterocycles. The first kappa shape index (κ1) is 24.6. The van der Waals surface area contributed by atoms with Crippen LogP contribution in [-0.4, -0.2) is 70.1 Å². The maximum absolute atomic E-state index is 12.4. The van der Waals surface area contributed by atoms with E-state index in [-0.39, 0.29) is 0 Å². The van der Waals surface area contributed by atoms with Crippen molar-refractivity contribution in [2.45, 2.75) is 39.2 Å². The van der Waals surface area contributed by atoms with Gasteiger partial charge in [0, 0.05) is 46.7 Å². The Hall–Kier alpha value is -2.48. The molecular formula is C21H34N2O6. The third-order valence-corrected chi connectivity index (χ3v) is 3.90. The van der Waals surface area contributed by atoms with E-state index in [9.17, 15) is 9.59 Å². The first-order chi connectivity index (χ1) is 13.7. The number of likely N-dealkylation sites (N-methyl/N-ethyl adjacent to an activating group) is 1. The minimum atomic E-state index is -0.561. The zero-order valence-electron chi connectivity index (χ0n) is 18.4. The fraction of sp³-hybridized carbons (Fsp3) is 0.619. The number of methoxy groups -OCH3 is 2. The third kappa shape index (κ3) is 9.51. The molecule has 0 aromatic heterocycles. The molecule has 8 heteroatoms. The number of alkyl carbamates (subject to hydrolysis) is 1. The summed E-state index contributed by atoms with van der Waals surface area (Å²) >= 11 is 0. The number of esters is 1. The SMILES string of the molecule is COCCCOC1=CC=C/C(=C(\C(=O)OC)N(C)CCNC(=O)OC(C)(C)C)C1. The van der Waals surface area contributed by atoms with E-state index in [2.05, 4.69) is 5.32 Å². The van der Waals surface area contributed by atoms with Crippen LogP contribution in [0.5, 0.6) is 0 Å². The van der Waals surface area contributed by atoms with Crippen molar-refractivity contribution in [3.05, 3.63) is 35.3 Å². The molecular weight excluding hydrogens is 376 g/mol. The number of hydrogen-bond donors (Lipinski definition) is 1. The number of nitrogens with zero attached hydrogens (tertiary/aromatic N) is 1. The minimum Gasteiger partial charge on any atom is -0.497 e. The molecule has 1 rings (SSSR count). The van der Waals surface area contributed by atoms with E-state index in [1.807, 2.05) is 18.2 Å². The van der Waals surface area contributed by atoms with Crippen molar-refractivity contribution in [3.63, 3.8) is 0 Å². The number of allylic oxidation sites excluding steroid dienone is 4. The lowest BCUT2D eigenvalue weighted by Crippen LogP contribution is -2.38. The van der Waals surface area contributed by atoms with Gasteiger partial charge >= 0.3 is 12.1 Å². The third-order valence-electron chi connectivity index (χ3n) is 3.90. The predicted octanol–water partition coefficient (Wildman–Crippen LogP) is 2.77. The molecule has 0 saturated heterocycles. The van der Waals surface area contributed by atoms with Crippen molar-refractivity contribution in [2.24, 2.45) is 0 Å². The van der Waals surface area contributed by atoms with Crippen molar-refractivity contribution in [1.82, 2.24) is 10.2 Å². The molecule has 1 amide bonds. The summed E-state index contributed by atoms with van der Waals surface area (Å²) in [6, 6.07) is 0. The Kier molecular flexibility index (Phi) is 10.3. The van der Waals surface area contributed by atoms with Crippen molar-refractivity contribution >= 4 is 12.1 Å². The molecule has 8 nitrogen and oxygen atoms in total. The van der Waals surface area contributed by atoms with Crippen LogP contribution >= 0.6 is 0 Å². The smallest absolute Gasteiger partial charge is 0.407 e. The molecule has 29 heavy (non-hydrogen) atoms. The van der Waals surface area contributed by atoms with Crippen molar-refractivity contribution in [2.75, 3.05) is 47.6 Å². The molecule has 1 aliphatic rings.